The maximum absolute atomic E-state index is 12.1. The molecule has 3 nitrogen and oxygen atoms in total. The van der Waals surface area contributed by atoms with Crippen LogP contribution < -0.4 is 10.9 Å². The zero-order valence-electron chi connectivity index (χ0n) is 10.7. The van der Waals surface area contributed by atoms with Crippen molar-refractivity contribution in [3.05, 3.63) is 45.2 Å². The molecule has 1 saturated heterocycles. The molecule has 0 aliphatic carbocycles. The Kier molecular flexibility index (Phi) is 3.71. The van der Waals surface area contributed by atoms with E-state index in [1.165, 1.54) is 12.8 Å². The summed E-state index contributed by atoms with van der Waals surface area (Å²) < 4.78 is 2.96. The maximum atomic E-state index is 12.1. The van der Waals surface area contributed by atoms with Gasteiger partial charge in [0.15, 0.2) is 0 Å². The third kappa shape index (κ3) is 2.74. The van der Waals surface area contributed by atoms with Crippen molar-refractivity contribution in [1.82, 2.24) is 9.88 Å². The van der Waals surface area contributed by atoms with Crippen molar-refractivity contribution >= 4 is 26.8 Å². The lowest BCUT2D eigenvalue weighted by molar-refractivity contribution is 0.337. The quantitative estimate of drug-likeness (QED) is 0.923. The van der Waals surface area contributed by atoms with E-state index in [-0.39, 0.29) is 5.56 Å². The van der Waals surface area contributed by atoms with Gasteiger partial charge in [-0.3, -0.25) is 4.79 Å². The molecule has 4 heteroatoms. The van der Waals surface area contributed by atoms with Crippen molar-refractivity contribution in [1.29, 1.82) is 0 Å². The summed E-state index contributed by atoms with van der Waals surface area (Å²) in [4.78, 5) is 12.1. The number of benzene rings is 1. The Morgan fingerprint density at radius 3 is 3.00 bits per heavy atom. The first-order valence-corrected chi connectivity index (χ1v) is 7.53. The molecule has 3 rings (SSSR count). The number of hydrogen-bond acceptors (Lipinski definition) is 2. The largest absolute Gasteiger partial charge is 0.316 e. The number of rotatable bonds is 2. The van der Waals surface area contributed by atoms with Gasteiger partial charge < -0.3 is 9.88 Å². The first-order chi connectivity index (χ1) is 9.24. The number of hydrogen-bond donors (Lipinski definition) is 1. The van der Waals surface area contributed by atoms with Crippen molar-refractivity contribution < 1.29 is 0 Å². The highest BCUT2D eigenvalue weighted by Crippen LogP contribution is 2.20. The molecular weight excluding hydrogens is 304 g/mol. The molecule has 1 aliphatic rings. The van der Waals surface area contributed by atoms with Crippen LogP contribution in [-0.2, 0) is 6.54 Å². The summed E-state index contributed by atoms with van der Waals surface area (Å²) in [6.45, 7) is 2.93. The molecule has 19 heavy (non-hydrogen) atoms. The van der Waals surface area contributed by atoms with Crippen LogP contribution in [0.4, 0.5) is 0 Å². The van der Waals surface area contributed by atoms with E-state index in [1.807, 2.05) is 22.8 Å². The molecule has 0 spiro atoms. The van der Waals surface area contributed by atoms with Crippen molar-refractivity contribution in [3.8, 4) is 0 Å². The second-order valence-corrected chi connectivity index (χ2v) is 6.11. The summed E-state index contributed by atoms with van der Waals surface area (Å²) in [5.74, 6) is 0.556. The molecular formula is C15H17BrN2O. The zero-order chi connectivity index (χ0) is 13.2. The van der Waals surface area contributed by atoms with Gasteiger partial charge in [0.25, 0.3) is 5.56 Å². The van der Waals surface area contributed by atoms with Crippen LogP contribution in [0.2, 0.25) is 0 Å². The predicted molar refractivity (Wildman–Crippen MR) is 81.5 cm³/mol. The smallest absolute Gasteiger partial charge is 0.251 e. The number of pyridine rings is 1. The van der Waals surface area contributed by atoms with Gasteiger partial charge in [-0.15, -0.1) is 0 Å². The Hall–Kier alpha value is -1.13. The van der Waals surface area contributed by atoms with Gasteiger partial charge >= 0.3 is 0 Å². The third-order valence-corrected chi connectivity index (χ3v) is 4.28. The van der Waals surface area contributed by atoms with Crippen LogP contribution in [-0.4, -0.2) is 17.7 Å². The highest BCUT2D eigenvalue weighted by molar-refractivity contribution is 9.10. The van der Waals surface area contributed by atoms with Crippen LogP contribution in [0.15, 0.2) is 39.6 Å². The number of nitrogens with zero attached hydrogens (tertiary/aromatic N) is 1. The summed E-state index contributed by atoms with van der Waals surface area (Å²) in [6, 6.07) is 9.65. The lowest BCUT2D eigenvalue weighted by Gasteiger charge is -2.24. The van der Waals surface area contributed by atoms with Gasteiger partial charge in [0.1, 0.15) is 0 Å². The summed E-state index contributed by atoms with van der Waals surface area (Å²) in [5.41, 5.74) is 1.13. The fourth-order valence-corrected chi connectivity index (χ4v) is 3.18. The van der Waals surface area contributed by atoms with E-state index in [0.717, 1.165) is 35.0 Å². The van der Waals surface area contributed by atoms with Crippen LogP contribution >= 0.6 is 15.9 Å². The molecule has 0 bridgehead atoms. The Bertz CT molecular complexity index is 644. The van der Waals surface area contributed by atoms with Crippen LogP contribution in [0.3, 0.4) is 0 Å². The SMILES string of the molecule is O=c1ccc2cc(Br)ccc2n1CC1CCCNC1. The van der Waals surface area contributed by atoms with Crippen molar-refractivity contribution in [2.24, 2.45) is 5.92 Å². The molecule has 1 N–H and O–H groups in total. The fourth-order valence-electron chi connectivity index (χ4n) is 2.80. The zero-order valence-corrected chi connectivity index (χ0v) is 12.3. The number of aromatic nitrogens is 1. The lowest BCUT2D eigenvalue weighted by atomic mass is 9.99. The molecule has 1 atom stereocenters. The maximum Gasteiger partial charge on any atom is 0.251 e. The molecule has 1 aromatic carbocycles. The van der Waals surface area contributed by atoms with Gasteiger partial charge in [0, 0.05) is 17.1 Å². The van der Waals surface area contributed by atoms with Gasteiger partial charge in [0.05, 0.1) is 5.52 Å². The minimum absolute atomic E-state index is 0.0976. The molecule has 1 aliphatic heterocycles. The third-order valence-electron chi connectivity index (χ3n) is 3.79. The Balaban J connectivity index is 2.01. The van der Waals surface area contributed by atoms with Gasteiger partial charge in [0.2, 0.25) is 0 Å². The Labute approximate surface area is 120 Å². The summed E-state index contributed by atoms with van der Waals surface area (Å²) in [5, 5.41) is 4.52. The van der Waals surface area contributed by atoms with E-state index in [2.05, 4.69) is 27.3 Å². The van der Waals surface area contributed by atoms with Gasteiger partial charge in [-0.2, -0.15) is 0 Å². The van der Waals surface area contributed by atoms with E-state index in [0.29, 0.717) is 5.92 Å². The minimum Gasteiger partial charge on any atom is -0.316 e. The predicted octanol–water partition coefficient (Wildman–Crippen LogP) is 2.76. The highest BCUT2D eigenvalue weighted by Gasteiger charge is 2.15. The van der Waals surface area contributed by atoms with Gasteiger partial charge in [-0.05, 0) is 61.5 Å². The second kappa shape index (κ2) is 5.47. The van der Waals surface area contributed by atoms with E-state index < -0.39 is 0 Å². The standard InChI is InChI=1S/C15H17BrN2O/c16-13-4-5-14-12(8-13)3-6-15(19)18(14)10-11-2-1-7-17-9-11/h3-6,8,11,17H,1-2,7,9-10H2. The van der Waals surface area contributed by atoms with Crippen LogP contribution in [0.5, 0.6) is 0 Å². The monoisotopic (exact) mass is 320 g/mol. The lowest BCUT2D eigenvalue weighted by Crippen LogP contribution is -2.34. The Morgan fingerprint density at radius 2 is 2.21 bits per heavy atom. The van der Waals surface area contributed by atoms with Gasteiger partial charge in [-0.25, -0.2) is 0 Å². The van der Waals surface area contributed by atoms with Crippen molar-refractivity contribution in [2.45, 2.75) is 19.4 Å². The van der Waals surface area contributed by atoms with Crippen LogP contribution in [0, 0.1) is 5.92 Å². The van der Waals surface area contributed by atoms with Crippen LogP contribution in [0.25, 0.3) is 10.9 Å². The van der Waals surface area contributed by atoms with E-state index in [4.69, 9.17) is 0 Å². The fraction of sp³-hybridized carbons (Fsp3) is 0.400. The van der Waals surface area contributed by atoms with Crippen LogP contribution in [0.1, 0.15) is 12.8 Å². The van der Waals surface area contributed by atoms with Crippen molar-refractivity contribution in [2.75, 3.05) is 13.1 Å². The Morgan fingerprint density at radius 1 is 1.32 bits per heavy atom. The molecule has 2 heterocycles. The molecule has 1 aromatic heterocycles. The first-order valence-electron chi connectivity index (χ1n) is 6.74. The number of piperidine rings is 1. The molecule has 100 valence electrons. The van der Waals surface area contributed by atoms with E-state index in [1.54, 1.807) is 6.07 Å². The number of fused-ring (bicyclic) bond motifs is 1. The summed E-state index contributed by atoms with van der Waals surface area (Å²) >= 11 is 3.48. The molecule has 0 radical (unpaired) electrons. The minimum atomic E-state index is 0.0976. The summed E-state index contributed by atoms with van der Waals surface area (Å²) in [7, 11) is 0. The average molecular weight is 321 g/mol. The van der Waals surface area contributed by atoms with E-state index in [9.17, 15) is 4.79 Å². The van der Waals surface area contributed by atoms with Crippen molar-refractivity contribution in [3.63, 3.8) is 0 Å². The molecule has 0 saturated carbocycles. The van der Waals surface area contributed by atoms with Gasteiger partial charge in [-0.1, -0.05) is 15.9 Å². The highest BCUT2D eigenvalue weighted by atomic mass is 79.9. The summed E-state index contributed by atoms with van der Waals surface area (Å²) in [6.07, 6.45) is 2.40. The molecule has 1 unspecified atom stereocenters. The number of nitrogens with one attached hydrogen (secondary N) is 1. The topological polar surface area (TPSA) is 34.0 Å². The second-order valence-electron chi connectivity index (χ2n) is 5.20. The first kappa shape index (κ1) is 12.9. The van der Waals surface area contributed by atoms with E-state index >= 15 is 0 Å². The normalized spacial score (nSPS) is 19.7. The molecule has 2 aromatic rings. The average Bonchev–Trinajstić information content (AvgIpc) is 2.43. The molecule has 1 fully saturated rings. The number of halogens is 1. The molecule has 0 amide bonds.